The highest BCUT2D eigenvalue weighted by atomic mass is 35.5. The molecule has 1 aromatic carbocycles. The Kier molecular flexibility index (Phi) is 5.70. The van der Waals surface area contributed by atoms with Crippen molar-refractivity contribution < 1.29 is 0 Å². The zero-order valence-electron chi connectivity index (χ0n) is 12.8. The van der Waals surface area contributed by atoms with Gasteiger partial charge in [0.2, 0.25) is 0 Å². The minimum Gasteiger partial charge on any atom is -0.369 e. The van der Waals surface area contributed by atoms with E-state index in [1.54, 1.807) is 0 Å². The first-order chi connectivity index (χ1) is 9.61. The Morgan fingerprint density at radius 2 is 1.90 bits per heavy atom. The van der Waals surface area contributed by atoms with Gasteiger partial charge in [-0.3, -0.25) is 4.90 Å². The average Bonchev–Trinajstić information content (AvgIpc) is 2.42. The largest absolute Gasteiger partial charge is 0.369 e. The van der Waals surface area contributed by atoms with Gasteiger partial charge in [-0.05, 0) is 25.1 Å². The van der Waals surface area contributed by atoms with Crippen molar-refractivity contribution in [3.8, 4) is 0 Å². The van der Waals surface area contributed by atoms with Crippen LogP contribution < -0.4 is 10.2 Å². The first-order valence-corrected chi connectivity index (χ1v) is 7.89. The van der Waals surface area contributed by atoms with Crippen molar-refractivity contribution in [3.05, 3.63) is 28.8 Å². The highest BCUT2D eigenvalue weighted by Gasteiger charge is 2.20. The fourth-order valence-electron chi connectivity index (χ4n) is 2.88. The van der Waals surface area contributed by atoms with E-state index in [0.29, 0.717) is 0 Å². The van der Waals surface area contributed by atoms with Crippen molar-refractivity contribution in [2.45, 2.75) is 20.4 Å². The summed E-state index contributed by atoms with van der Waals surface area (Å²) in [5.74, 6) is 0.743. The molecule has 1 N–H and O–H groups in total. The summed E-state index contributed by atoms with van der Waals surface area (Å²) >= 11 is 6.35. The van der Waals surface area contributed by atoms with Gasteiger partial charge in [-0.15, -0.1) is 0 Å². The number of rotatable bonds is 5. The quantitative estimate of drug-likeness (QED) is 0.901. The van der Waals surface area contributed by atoms with Crippen LogP contribution >= 0.6 is 11.6 Å². The van der Waals surface area contributed by atoms with Gasteiger partial charge < -0.3 is 10.2 Å². The number of hydrogen-bond donors (Lipinski definition) is 1. The van der Waals surface area contributed by atoms with Gasteiger partial charge in [-0.25, -0.2) is 0 Å². The third-order valence-corrected chi connectivity index (χ3v) is 4.14. The molecule has 2 rings (SSSR count). The van der Waals surface area contributed by atoms with Crippen LogP contribution in [-0.4, -0.2) is 44.7 Å². The lowest BCUT2D eigenvalue weighted by atomic mass is 10.1. The van der Waals surface area contributed by atoms with Crippen LogP contribution in [0.2, 0.25) is 5.02 Å². The van der Waals surface area contributed by atoms with Crippen LogP contribution in [0.15, 0.2) is 18.2 Å². The zero-order valence-corrected chi connectivity index (χ0v) is 13.6. The van der Waals surface area contributed by atoms with Crippen LogP contribution in [0.3, 0.4) is 0 Å². The molecular weight excluding hydrogens is 270 g/mol. The summed E-state index contributed by atoms with van der Waals surface area (Å²) in [6.45, 7) is 11.1. The number of nitrogens with zero attached hydrogens (tertiary/aromatic N) is 2. The molecule has 1 fully saturated rings. The molecule has 0 saturated carbocycles. The van der Waals surface area contributed by atoms with Gasteiger partial charge in [-0.2, -0.15) is 0 Å². The number of benzene rings is 1. The third-order valence-electron chi connectivity index (χ3n) is 3.78. The van der Waals surface area contributed by atoms with Crippen LogP contribution in [0, 0.1) is 5.92 Å². The van der Waals surface area contributed by atoms with Crippen LogP contribution in [0.4, 0.5) is 5.69 Å². The van der Waals surface area contributed by atoms with E-state index in [-0.39, 0.29) is 0 Å². The van der Waals surface area contributed by atoms with Crippen molar-refractivity contribution in [3.63, 3.8) is 0 Å². The summed E-state index contributed by atoms with van der Waals surface area (Å²) in [6, 6.07) is 6.22. The fraction of sp³-hybridized carbons (Fsp3) is 0.625. The van der Waals surface area contributed by atoms with Gasteiger partial charge in [0.05, 0.1) is 0 Å². The van der Waals surface area contributed by atoms with Gasteiger partial charge in [0.1, 0.15) is 0 Å². The molecular formula is C16H26ClN3. The lowest BCUT2D eigenvalue weighted by molar-refractivity contribution is 0.231. The van der Waals surface area contributed by atoms with Crippen molar-refractivity contribution >= 4 is 17.3 Å². The monoisotopic (exact) mass is 295 g/mol. The van der Waals surface area contributed by atoms with E-state index >= 15 is 0 Å². The molecule has 112 valence electrons. The average molecular weight is 296 g/mol. The molecule has 4 heteroatoms. The maximum absolute atomic E-state index is 6.35. The topological polar surface area (TPSA) is 18.5 Å². The van der Waals surface area contributed by atoms with E-state index in [9.17, 15) is 0 Å². The molecule has 0 spiro atoms. The molecule has 3 nitrogen and oxygen atoms in total. The lowest BCUT2D eigenvalue weighted by Crippen LogP contribution is -2.47. The third kappa shape index (κ3) is 3.87. The predicted octanol–water partition coefficient (Wildman–Crippen LogP) is 2.84. The minimum absolute atomic E-state index is 0.743. The Hall–Kier alpha value is -0.770. The van der Waals surface area contributed by atoms with Crippen LogP contribution in [0.1, 0.15) is 19.4 Å². The standard InChI is InChI=1S/C16H26ClN3/c1-13(2)12-19-7-9-20(10-8-19)16-6-4-5-15(17)14(16)11-18-3/h4-6,13,18H,7-12H2,1-3H3. The normalized spacial score (nSPS) is 16.9. The molecule has 1 aromatic rings. The molecule has 0 radical (unpaired) electrons. The van der Waals surface area contributed by atoms with Gasteiger partial charge in [-0.1, -0.05) is 31.5 Å². The second-order valence-electron chi connectivity index (χ2n) is 5.95. The molecule has 20 heavy (non-hydrogen) atoms. The molecule has 1 saturated heterocycles. The molecule has 0 aromatic heterocycles. The molecule has 0 aliphatic carbocycles. The van der Waals surface area contributed by atoms with Crippen LogP contribution in [-0.2, 0) is 6.54 Å². The maximum Gasteiger partial charge on any atom is 0.0471 e. The number of halogens is 1. The molecule has 1 heterocycles. The smallest absolute Gasteiger partial charge is 0.0471 e. The Labute approximate surface area is 127 Å². The van der Waals surface area contributed by atoms with E-state index in [4.69, 9.17) is 11.6 Å². The van der Waals surface area contributed by atoms with Crippen LogP contribution in [0.5, 0.6) is 0 Å². The number of hydrogen-bond acceptors (Lipinski definition) is 3. The van der Waals surface area contributed by atoms with E-state index in [1.165, 1.54) is 17.8 Å². The number of anilines is 1. The van der Waals surface area contributed by atoms with Gasteiger partial charge in [0.25, 0.3) is 0 Å². The predicted molar refractivity (Wildman–Crippen MR) is 87.7 cm³/mol. The van der Waals surface area contributed by atoms with Crippen LogP contribution in [0.25, 0.3) is 0 Å². The highest BCUT2D eigenvalue weighted by molar-refractivity contribution is 6.31. The molecule has 0 atom stereocenters. The van der Waals surface area contributed by atoms with Crippen molar-refractivity contribution in [2.75, 3.05) is 44.7 Å². The highest BCUT2D eigenvalue weighted by Crippen LogP contribution is 2.28. The second-order valence-corrected chi connectivity index (χ2v) is 6.36. The molecule has 1 aliphatic rings. The van der Waals surface area contributed by atoms with Gasteiger partial charge >= 0.3 is 0 Å². The van der Waals surface area contributed by atoms with Gasteiger partial charge in [0.15, 0.2) is 0 Å². The molecule has 1 aliphatic heterocycles. The summed E-state index contributed by atoms with van der Waals surface area (Å²) in [4.78, 5) is 5.03. The Balaban J connectivity index is 2.05. The molecule has 0 amide bonds. The molecule has 0 bridgehead atoms. The van der Waals surface area contributed by atoms with E-state index in [1.807, 2.05) is 13.1 Å². The Morgan fingerprint density at radius 3 is 2.50 bits per heavy atom. The Bertz CT molecular complexity index is 426. The van der Waals surface area contributed by atoms with E-state index < -0.39 is 0 Å². The summed E-state index contributed by atoms with van der Waals surface area (Å²) in [5.41, 5.74) is 2.50. The molecule has 0 unspecified atom stereocenters. The van der Waals surface area contributed by atoms with Crippen molar-refractivity contribution in [1.29, 1.82) is 0 Å². The summed E-state index contributed by atoms with van der Waals surface area (Å²) < 4.78 is 0. The first kappa shape index (κ1) is 15.6. The van der Waals surface area contributed by atoms with Crippen molar-refractivity contribution in [1.82, 2.24) is 10.2 Å². The van der Waals surface area contributed by atoms with Crippen molar-refractivity contribution in [2.24, 2.45) is 5.92 Å². The summed E-state index contributed by atoms with van der Waals surface area (Å²) in [7, 11) is 1.97. The maximum atomic E-state index is 6.35. The van der Waals surface area contributed by atoms with E-state index in [2.05, 4.69) is 41.1 Å². The Morgan fingerprint density at radius 1 is 1.20 bits per heavy atom. The number of piperazine rings is 1. The first-order valence-electron chi connectivity index (χ1n) is 7.51. The van der Waals surface area contributed by atoms with Gasteiger partial charge in [0, 0.05) is 55.5 Å². The minimum atomic E-state index is 0.743. The van der Waals surface area contributed by atoms with E-state index in [0.717, 1.165) is 43.7 Å². The summed E-state index contributed by atoms with van der Waals surface area (Å²) in [5, 5.41) is 4.08. The fourth-order valence-corrected chi connectivity index (χ4v) is 3.12. The SMILES string of the molecule is CNCc1c(Cl)cccc1N1CCN(CC(C)C)CC1. The second kappa shape index (κ2) is 7.30. The zero-order chi connectivity index (χ0) is 14.5. The summed E-state index contributed by atoms with van der Waals surface area (Å²) in [6.07, 6.45) is 0. The lowest BCUT2D eigenvalue weighted by Gasteiger charge is -2.37. The number of nitrogens with one attached hydrogen (secondary N) is 1.